The lowest BCUT2D eigenvalue weighted by Crippen LogP contribution is -2.51. The second-order valence-electron chi connectivity index (χ2n) is 15.2. The Kier molecular flexibility index (Phi) is 10.3. The number of rotatable bonds is 7. The van der Waals surface area contributed by atoms with Gasteiger partial charge < -0.3 is 24.6 Å². The van der Waals surface area contributed by atoms with Crippen molar-refractivity contribution in [3.8, 4) is 11.4 Å². The molecule has 2 aromatic carbocycles. The van der Waals surface area contributed by atoms with Crippen molar-refractivity contribution in [2.75, 3.05) is 56.0 Å². The number of hydrogen-bond donors (Lipinski definition) is 1. The predicted octanol–water partition coefficient (Wildman–Crippen LogP) is 4.84. The van der Waals surface area contributed by atoms with Crippen LogP contribution in [0.1, 0.15) is 58.5 Å². The largest absolute Gasteiger partial charge is 0.455 e. The van der Waals surface area contributed by atoms with Crippen molar-refractivity contribution in [1.29, 1.82) is 0 Å². The minimum atomic E-state index is -0.790. The maximum absolute atomic E-state index is 13.4. The highest BCUT2D eigenvalue weighted by Gasteiger charge is 2.32. The van der Waals surface area contributed by atoms with Gasteiger partial charge >= 0.3 is 12.1 Å². The van der Waals surface area contributed by atoms with Gasteiger partial charge in [0.2, 0.25) is 11.8 Å². The summed E-state index contributed by atoms with van der Waals surface area (Å²) < 4.78 is 12.1. The Morgan fingerprint density at radius 1 is 0.846 bits per heavy atom. The zero-order chi connectivity index (χ0) is 37.2. The number of benzene rings is 2. The number of carbonyl (C=O) groups is 4. The number of hydrogen-bond acceptors (Lipinski definition) is 11. The Bertz CT molecular complexity index is 1940. The molecule has 2 fully saturated rings. The van der Waals surface area contributed by atoms with Gasteiger partial charge in [-0.05, 0) is 103 Å². The van der Waals surface area contributed by atoms with Crippen LogP contribution in [0.25, 0.3) is 22.3 Å². The zero-order valence-corrected chi connectivity index (χ0v) is 30.6. The molecule has 14 heteroatoms. The van der Waals surface area contributed by atoms with Crippen molar-refractivity contribution in [2.45, 2.75) is 59.2 Å². The second kappa shape index (κ2) is 14.7. The number of aromatic nitrogens is 4. The van der Waals surface area contributed by atoms with E-state index in [-0.39, 0.29) is 30.0 Å². The molecule has 2 saturated heterocycles. The molecule has 0 saturated carbocycles. The molecule has 4 heterocycles. The molecule has 2 aliphatic heterocycles. The molecule has 4 aromatic rings. The molecule has 14 nitrogen and oxygen atoms in total. The number of amides is 2. The van der Waals surface area contributed by atoms with Crippen LogP contribution in [0.5, 0.6) is 0 Å². The molecule has 1 atom stereocenters. The van der Waals surface area contributed by atoms with Gasteiger partial charge in [-0.2, -0.15) is 9.78 Å². The lowest BCUT2D eigenvalue weighted by molar-refractivity contribution is -0.132. The van der Waals surface area contributed by atoms with Crippen LogP contribution in [0, 0.1) is 5.92 Å². The Hall–Kier alpha value is -5.37. The van der Waals surface area contributed by atoms with Crippen LogP contribution in [-0.2, 0) is 19.1 Å². The van der Waals surface area contributed by atoms with E-state index in [0.29, 0.717) is 55.0 Å². The van der Waals surface area contributed by atoms with Crippen molar-refractivity contribution >= 4 is 46.2 Å². The summed E-state index contributed by atoms with van der Waals surface area (Å²) >= 11 is 0. The highest BCUT2D eigenvalue weighted by atomic mass is 16.6. The van der Waals surface area contributed by atoms with E-state index in [1.807, 2.05) is 21.9 Å². The monoisotopic (exact) mass is 710 g/mol. The summed E-state index contributed by atoms with van der Waals surface area (Å²) in [4.78, 5) is 67.6. The smallest absolute Gasteiger partial charge is 0.435 e. The average molecular weight is 711 g/mol. The van der Waals surface area contributed by atoms with E-state index in [4.69, 9.17) is 9.47 Å². The molecule has 6 rings (SSSR count). The predicted molar refractivity (Wildman–Crippen MR) is 196 cm³/mol. The topological polar surface area (TPSA) is 152 Å². The molecular weight excluding hydrogens is 664 g/mol. The number of carbonyl (C=O) groups excluding carboxylic acids is 4. The van der Waals surface area contributed by atoms with Crippen LogP contribution in [-0.4, -0.2) is 110 Å². The lowest BCUT2D eigenvalue weighted by atomic mass is 10.1. The number of nitrogens with zero attached hydrogens (tertiary/aromatic N) is 7. The number of nitrogens with one attached hydrogen (secondary N) is 1. The van der Waals surface area contributed by atoms with Crippen molar-refractivity contribution in [3.05, 3.63) is 66.6 Å². The maximum Gasteiger partial charge on any atom is 0.435 e. The molecule has 0 aliphatic carbocycles. The molecule has 2 aromatic heterocycles. The van der Waals surface area contributed by atoms with Crippen molar-refractivity contribution in [2.24, 2.45) is 5.92 Å². The van der Waals surface area contributed by atoms with Crippen LogP contribution in [0.4, 0.5) is 16.2 Å². The van der Waals surface area contributed by atoms with E-state index < -0.39 is 23.3 Å². The minimum absolute atomic E-state index is 0.0550. The van der Waals surface area contributed by atoms with E-state index in [1.54, 1.807) is 78.2 Å². The van der Waals surface area contributed by atoms with Gasteiger partial charge in [-0.15, -0.1) is 0 Å². The molecule has 0 unspecified atom stereocenters. The number of anilines is 2. The van der Waals surface area contributed by atoms with Gasteiger partial charge in [-0.3, -0.25) is 14.5 Å². The van der Waals surface area contributed by atoms with Gasteiger partial charge in [0.05, 0.1) is 18.0 Å². The molecule has 0 bridgehead atoms. The quantitative estimate of drug-likeness (QED) is 0.262. The summed E-state index contributed by atoms with van der Waals surface area (Å²) in [5, 5.41) is 7.57. The van der Waals surface area contributed by atoms with Crippen molar-refractivity contribution in [1.82, 2.24) is 29.5 Å². The average Bonchev–Trinajstić information content (AvgIpc) is 3.72. The number of fused-ring (bicyclic) bond motifs is 1. The van der Waals surface area contributed by atoms with E-state index in [1.165, 1.54) is 0 Å². The molecular formula is C38H46N8O6. The number of ether oxygens (including phenoxy) is 2. The summed E-state index contributed by atoms with van der Waals surface area (Å²) in [7, 11) is 0. The van der Waals surface area contributed by atoms with Crippen LogP contribution in [0.15, 0.2) is 60.9 Å². The van der Waals surface area contributed by atoms with Gasteiger partial charge in [0.1, 0.15) is 11.2 Å². The van der Waals surface area contributed by atoms with Crippen molar-refractivity contribution < 1.29 is 28.7 Å². The van der Waals surface area contributed by atoms with E-state index >= 15 is 0 Å². The summed E-state index contributed by atoms with van der Waals surface area (Å²) in [5.74, 6) is -0.467. The van der Waals surface area contributed by atoms with Crippen LogP contribution in [0.2, 0.25) is 0 Å². The zero-order valence-electron chi connectivity index (χ0n) is 30.6. The summed E-state index contributed by atoms with van der Waals surface area (Å²) in [6.07, 6.45) is 3.32. The summed E-state index contributed by atoms with van der Waals surface area (Å²) in [6.45, 7) is 14.5. The lowest BCUT2D eigenvalue weighted by Gasteiger charge is -2.36. The Balaban J connectivity index is 1.04. The highest BCUT2D eigenvalue weighted by molar-refractivity contribution is 6.06. The van der Waals surface area contributed by atoms with Crippen LogP contribution >= 0.6 is 0 Å². The standard InChI is InChI=1S/C38H46N8O6/c1-37(2,3)51-35(49)32-29-22-27(10-13-30(29)46(42-32)36(50)52-38(4,5)6)41-34(48)26-14-17-43(23-26)24-31(47)45-20-18-44(19-21-45)28-11-8-25(9-12-28)33-39-15-7-16-40-33/h7-13,15-16,22,26H,14,17-21,23-24H2,1-6H3,(H,41,48)/t26-/m1/s1. The molecule has 1 N–H and O–H groups in total. The normalized spacial score (nSPS) is 16.9. The fourth-order valence-electron chi connectivity index (χ4n) is 6.33. The fraction of sp³-hybridized carbons (Fsp3) is 0.447. The maximum atomic E-state index is 13.4. The van der Waals surface area contributed by atoms with Gasteiger partial charge in [0, 0.05) is 67.4 Å². The summed E-state index contributed by atoms with van der Waals surface area (Å²) in [5.41, 5.74) is 1.21. The highest BCUT2D eigenvalue weighted by Crippen LogP contribution is 2.28. The third-order valence-electron chi connectivity index (χ3n) is 8.80. The van der Waals surface area contributed by atoms with Gasteiger partial charge in [0.15, 0.2) is 11.5 Å². The number of piperazine rings is 1. The second-order valence-corrected chi connectivity index (χ2v) is 15.2. The Morgan fingerprint density at radius 2 is 1.52 bits per heavy atom. The summed E-state index contributed by atoms with van der Waals surface area (Å²) in [6, 6.07) is 14.8. The third kappa shape index (κ3) is 8.73. The van der Waals surface area contributed by atoms with E-state index in [9.17, 15) is 19.2 Å². The Morgan fingerprint density at radius 3 is 2.17 bits per heavy atom. The molecule has 0 spiro atoms. The molecule has 0 radical (unpaired) electrons. The molecule has 2 amide bonds. The molecule has 274 valence electrons. The SMILES string of the molecule is CC(C)(C)OC(=O)c1nn(C(=O)OC(C)(C)C)c2ccc(NC(=O)[C@@H]3CCN(CC(=O)N4CCN(c5ccc(-c6ncccn6)cc5)CC4)C3)cc12. The van der Waals surface area contributed by atoms with Crippen LogP contribution < -0.4 is 10.2 Å². The first-order chi connectivity index (χ1) is 24.6. The number of likely N-dealkylation sites (tertiary alicyclic amines) is 1. The first-order valence-corrected chi connectivity index (χ1v) is 17.6. The molecule has 2 aliphatic rings. The van der Waals surface area contributed by atoms with E-state index in [0.717, 1.165) is 29.0 Å². The minimum Gasteiger partial charge on any atom is -0.455 e. The van der Waals surface area contributed by atoms with Crippen molar-refractivity contribution in [3.63, 3.8) is 0 Å². The van der Waals surface area contributed by atoms with E-state index in [2.05, 4.69) is 37.4 Å². The van der Waals surface area contributed by atoms with Gasteiger partial charge in [-0.1, -0.05) is 0 Å². The van der Waals surface area contributed by atoms with Crippen LogP contribution in [0.3, 0.4) is 0 Å². The van der Waals surface area contributed by atoms with Gasteiger partial charge in [0.25, 0.3) is 0 Å². The third-order valence-corrected chi connectivity index (χ3v) is 8.80. The molecule has 52 heavy (non-hydrogen) atoms. The number of esters is 1. The fourth-order valence-corrected chi connectivity index (χ4v) is 6.33. The Labute approximate surface area is 303 Å². The van der Waals surface area contributed by atoms with Gasteiger partial charge in [-0.25, -0.2) is 19.6 Å². The first-order valence-electron chi connectivity index (χ1n) is 17.6. The first kappa shape index (κ1) is 36.4.